The predicted molar refractivity (Wildman–Crippen MR) is 119 cm³/mol. The van der Waals surface area contributed by atoms with Crippen LogP contribution in [0.2, 0.25) is 0 Å². The molecule has 2 N–H and O–H groups in total. The van der Waals surface area contributed by atoms with E-state index in [1.165, 1.54) is 6.07 Å². The largest absolute Gasteiger partial charge is 0.354 e. The van der Waals surface area contributed by atoms with E-state index in [0.717, 1.165) is 44.2 Å². The number of aromatic amines is 1. The second-order valence-electron chi connectivity index (χ2n) is 8.51. The van der Waals surface area contributed by atoms with Crippen molar-refractivity contribution in [1.29, 1.82) is 0 Å². The van der Waals surface area contributed by atoms with Crippen molar-refractivity contribution in [2.24, 2.45) is 0 Å². The molecule has 8 heteroatoms. The van der Waals surface area contributed by atoms with Gasteiger partial charge >= 0.3 is 0 Å². The van der Waals surface area contributed by atoms with Gasteiger partial charge in [-0.05, 0) is 62.8 Å². The van der Waals surface area contributed by atoms with E-state index in [9.17, 15) is 18.0 Å². The molecule has 2 aliphatic rings. The standard InChI is InChI=1S/C23H29N3O4S/c1-15-10-11-17(14-20(15)31(29,30)26-12-5-3-4-6-13-26)24-23(28)22-16(2)21-18(25-22)8-7-9-19(21)27/h10-11,14,25H,3-9,12-13H2,1-2H3,(H,24,28). The minimum absolute atomic E-state index is 0.0650. The summed E-state index contributed by atoms with van der Waals surface area (Å²) in [6, 6.07) is 4.96. The number of nitrogens with zero attached hydrogens (tertiary/aromatic N) is 1. The van der Waals surface area contributed by atoms with Gasteiger partial charge in [-0.3, -0.25) is 9.59 Å². The molecular formula is C23H29N3O4S. The number of Topliss-reactive ketones (excluding diaryl/α,β-unsaturated/α-hetero) is 1. The predicted octanol–water partition coefficient (Wildman–Crippen LogP) is 3.97. The number of carbonyl (C=O) groups is 2. The molecule has 1 saturated heterocycles. The fourth-order valence-electron chi connectivity index (χ4n) is 4.57. The lowest BCUT2D eigenvalue weighted by molar-refractivity contribution is 0.0971. The first-order chi connectivity index (χ1) is 14.8. The summed E-state index contributed by atoms with van der Waals surface area (Å²) in [5.74, 6) is -0.308. The average molecular weight is 444 g/mol. The van der Waals surface area contributed by atoms with Crippen LogP contribution in [0.3, 0.4) is 0 Å². The number of nitrogens with one attached hydrogen (secondary N) is 2. The fourth-order valence-corrected chi connectivity index (χ4v) is 6.34. The number of benzene rings is 1. The Kier molecular flexibility index (Phi) is 6.03. The highest BCUT2D eigenvalue weighted by Crippen LogP contribution is 2.29. The van der Waals surface area contributed by atoms with E-state index in [-0.39, 0.29) is 16.6 Å². The average Bonchev–Trinajstić information content (AvgIpc) is 2.91. The minimum Gasteiger partial charge on any atom is -0.354 e. The van der Waals surface area contributed by atoms with Gasteiger partial charge < -0.3 is 10.3 Å². The normalized spacial score (nSPS) is 17.8. The van der Waals surface area contributed by atoms with Crippen molar-refractivity contribution >= 4 is 27.4 Å². The molecule has 0 radical (unpaired) electrons. The molecule has 1 aliphatic carbocycles. The highest BCUT2D eigenvalue weighted by molar-refractivity contribution is 7.89. The molecule has 0 atom stereocenters. The van der Waals surface area contributed by atoms with E-state index in [1.807, 2.05) is 0 Å². The quantitative estimate of drug-likeness (QED) is 0.747. The van der Waals surface area contributed by atoms with Crippen molar-refractivity contribution in [2.75, 3.05) is 18.4 Å². The molecular weight excluding hydrogens is 414 g/mol. The number of carbonyl (C=O) groups excluding carboxylic acids is 2. The molecule has 1 fully saturated rings. The Hall–Kier alpha value is -2.45. The first-order valence-electron chi connectivity index (χ1n) is 11.0. The molecule has 1 aromatic heterocycles. The van der Waals surface area contributed by atoms with Crippen LogP contribution < -0.4 is 5.32 Å². The van der Waals surface area contributed by atoms with Gasteiger partial charge in [0.05, 0.1) is 4.90 Å². The maximum Gasteiger partial charge on any atom is 0.272 e. The molecule has 0 unspecified atom stereocenters. The third-order valence-corrected chi connectivity index (χ3v) is 8.33. The van der Waals surface area contributed by atoms with E-state index in [0.29, 0.717) is 47.6 Å². The van der Waals surface area contributed by atoms with Gasteiger partial charge in [0, 0.05) is 36.5 Å². The first-order valence-corrected chi connectivity index (χ1v) is 12.4. The summed E-state index contributed by atoms with van der Waals surface area (Å²) in [5.41, 5.74) is 3.53. The van der Waals surface area contributed by atoms with E-state index in [4.69, 9.17) is 0 Å². The summed E-state index contributed by atoms with van der Waals surface area (Å²) >= 11 is 0. The van der Waals surface area contributed by atoms with Gasteiger partial charge in [0.1, 0.15) is 5.69 Å². The van der Waals surface area contributed by atoms with Crippen molar-refractivity contribution in [3.63, 3.8) is 0 Å². The van der Waals surface area contributed by atoms with Crippen LogP contribution in [0.4, 0.5) is 5.69 Å². The van der Waals surface area contributed by atoms with E-state index in [2.05, 4.69) is 10.3 Å². The third-order valence-electron chi connectivity index (χ3n) is 6.29. The van der Waals surface area contributed by atoms with E-state index < -0.39 is 10.0 Å². The number of fused-ring (bicyclic) bond motifs is 1. The van der Waals surface area contributed by atoms with Gasteiger partial charge in [-0.25, -0.2) is 8.42 Å². The smallest absolute Gasteiger partial charge is 0.272 e. The highest BCUT2D eigenvalue weighted by atomic mass is 32.2. The number of rotatable bonds is 4. The fraction of sp³-hybridized carbons (Fsp3) is 0.478. The van der Waals surface area contributed by atoms with Gasteiger partial charge in [0.25, 0.3) is 5.91 Å². The number of aryl methyl sites for hydroxylation is 2. The monoisotopic (exact) mass is 443 g/mol. The molecule has 2 heterocycles. The molecule has 4 rings (SSSR count). The molecule has 1 amide bonds. The summed E-state index contributed by atoms with van der Waals surface area (Å²) < 4.78 is 28.1. The van der Waals surface area contributed by atoms with E-state index in [1.54, 1.807) is 30.3 Å². The third kappa shape index (κ3) is 4.19. The SMILES string of the molecule is Cc1ccc(NC(=O)c2[nH]c3c(c2C)C(=O)CCC3)cc1S(=O)(=O)N1CCCCCC1. The van der Waals surface area contributed by atoms with Gasteiger partial charge in [-0.15, -0.1) is 0 Å². The van der Waals surface area contributed by atoms with Gasteiger partial charge in [0.2, 0.25) is 10.0 Å². The number of aromatic nitrogens is 1. The van der Waals surface area contributed by atoms with Crippen LogP contribution in [0.25, 0.3) is 0 Å². The Balaban J connectivity index is 1.61. The number of ketones is 1. The lowest BCUT2D eigenvalue weighted by Crippen LogP contribution is -2.32. The number of amides is 1. The zero-order valence-electron chi connectivity index (χ0n) is 18.1. The molecule has 0 bridgehead atoms. The number of sulfonamides is 1. The second-order valence-corrected chi connectivity index (χ2v) is 10.4. The first kappa shape index (κ1) is 21.8. The second kappa shape index (κ2) is 8.59. The maximum atomic E-state index is 13.3. The van der Waals surface area contributed by atoms with Crippen LogP contribution in [0, 0.1) is 13.8 Å². The topological polar surface area (TPSA) is 99.3 Å². The molecule has 7 nitrogen and oxygen atoms in total. The lowest BCUT2D eigenvalue weighted by atomic mass is 9.94. The Morgan fingerprint density at radius 3 is 2.42 bits per heavy atom. The van der Waals surface area contributed by atoms with E-state index >= 15 is 0 Å². The van der Waals surface area contributed by atoms with Crippen molar-refractivity contribution in [1.82, 2.24) is 9.29 Å². The zero-order valence-corrected chi connectivity index (χ0v) is 18.9. The Labute approximate surface area is 183 Å². The lowest BCUT2D eigenvalue weighted by Gasteiger charge is -2.21. The Morgan fingerprint density at radius 1 is 1.03 bits per heavy atom. The van der Waals surface area contributed by atoms with Crippen LogP contribution in [0.15, 0.2) is 23.1 Å². The van der Waals surface area contributed by atoms with Crippen LogP contribution in [-0.2, 0) is 16.4 Å². The molecule has 0 spiro atoms. The van der Waals surface area contributed by atoms with Crippen LogP contribution in [0.1, 0.15) is 76.2 Å². The Bertz CT molecular complexity index is 1130. The van der Waals surface area contributed by atoms with Crippen LogP contribution in [-0.4, -0.2) is 42.5 Å². The summed E-state index contributed by atoms with van der Waals surface area (Å²) in [4.78, 5) is 28.5. The summed E-state index contributed by atoms with van der Waals surface area (Å²) in [7, 11) is -3.63. The Morgan fingerprint density at radius 2 is 1.74 bits per heavy atom. The number of hydrogen-bond donors (Lipinski definition) is 2. The summed E-state index contributed by atoms with van der Waals surface area (Å²) in [5, 5.41) is 2.81. The molecule has 0 saturated carbocycles. The van der Waals surface area contributed by atoms with Crippen molar-refractivity contribution in [2.45, 2.75) is 63.7 Å². The number of H-pyrrole nitrogens is 1. The maximum absolute atomic E-state index is 13.3. The molecule has 166 valence electrons. The molecule has 1 aromatic carbocycles. The zero-order chi connectivity index (χ0) is 22.2. The van der Waals surface area contributed by atoms with Gasteiger partial charge in [0.15, 0.2) is 5.78 Å². The number of anilines is 1. The van der Waals surface area contributed by atoms with Crippen molar-refractivity contribution in [3.8, 4) is 0 Å². The summed E-state index contributed by atoms with van der Waals surface area (Å²) in [6.45, 7) is 4.60. The van der Waals surface area contributed by atoms with Crippen LogP contribution in [0.5, 0.6) is 0 Å². The van der Waals surface area contributed by atoms with Gasteiger partial charge in [-0.2, -0.15) is 4.31 Å². The highest BCUT2D eigenvalue weighted by Gasteiger charge is 2.28. The van der Waals surface area contributed by atoms with Gasteiger partial charge in [-0.1, -0.05) is 18.9 Å². The molecule has 31 heavy (non-hydrogen) atoms. The minimum atomic E-state index is -3.63. The van der Waals surface area contributed by atoms with Crippen LogP contribution >= 0.6 is 0 Å². The van der Waals surface area contributed by atoms with Crippen molar-refractivity contribution < 1.29 is 18.0 Å². The number of hydrogen-bond acceptors (Lipinski definition) is 4. The molecule has 1 aliphatic heterocycles. The molecule has 2 aromatic rings. The summed E-state index contributed by atoms with van der Waals surface area (Å²) in [6.07, 6.45) is 5.85. The van der Waals surface area contributed by atoms with Crippen molar-refractivity contribution in [3.05, 3.63) is 46.3 Å².